The van der Waals surface area contributed by atoms with Crippen molar-refractivity contribution in [2.24, 2.45) is 0 Å². The number of hydrogen-bond donors (Lipinski definition) is 2. The molecule has 2 aromatic rings. The average molecular weight is 331 g/mol. The van der Waals surface area contributed by atoms with Gasteiger partial charge in [0.05, 0.1) is 17.4 Å². The molecule has 0 fully saturated rings. The van der Waals surface area contributed by atoms with Crippen LogP contribution in [0.2, 0.25) is 0 Å². The van der Waals surface area contributed by atoms with E-state index in [9.17, 15) is 9.18 Å². The maximum atomic E-state index is 13.3. The van der Waals surface area contributed by atoms with Gasteiger partial charge in [-0.2, -0.15) is 0 Å². The van der Waals surface area contributed by atoms with Gasteiger partial charge in [0.1, 0.15) is 23.9 Å². The van der Waals surface area contributed by atoms with Crippen LogP contribution in [0.5, 0.6) is 5.75 Å². The highest BCUT2D eigenvalue weighted by atomic mass is 19.1. The van der Waals surface area contributed by atoms with Crippen molar-refractivity contribution < 1.29 is 18.4 Å². The first-order valence-electron chi connectivity index (χ1n) is 7.28. The van der Waals surface area contributed by atoms with Crippen molar-refractivity contribution in [1.82, 2.24) is 10.5 Å². The molecular weight excluding hydrogens is 313 g/mol. The maximum absolute atomic E-state index is 13.3. The van der Waals surface area contributed by atoms with E-state index >= 15 is 0 Å². The molecule has 7 heteroatoms. The molecule has 2 amide bonds. The number of anilines is 1. The summed E-state index contributed by atoms with van der Waals surface area (Å²) in [5.41, 5.74) is 1.84. The SMILES string of the molecule is C#CCOc1cc(F)ccc1NC(=O)NC(C)c1c(C)noc1C. The Morgan fingerprint density at radius 3 is 2.88 bits per heavy atom. The van der Waals surface area contributed by atoms with Crippen molar-refractivity contribution in [1.29, 1.82) is 0 Å². The minimum absolute atomic E-state index is 0.0325. The second kappa shape index (κ2) is 7.51. The van der Waals surface area contributed by atoms with Gasteiger partial charge in [0.15, 0.2) is 0 Å². The van der Waals surface area contributed by atoms with Gasteiger partial charge >= 0.3 is 6.03 Å². The number of amides is 2. The van der Waals surface area contributed by atoms with Crippen LogP contribution in [0.25, 0.3) is 0 Å². The molecule has 0 saturated heterocycles. The van der Waals surface area contributed by atoms with Crippen molar-refractivity contribution >= 4 is 11.7 Å². The van der Waals surface area contributed by atoms with Crippen molar-refractivity contribution in [3.8, 4) is 18.1 Å². The predicted molar refractivity (Wildman–Crippen MR) is 87.3 cm³/mol. The van der Waals surface area contributed by atoms with Crippen LogP contribution in [0.4, 0.5) is 14.9 Å². The highest BCUT2D eigenvalue weighted by Crippen LogP contribution is 2.26. The van der Waals surface area contributed by atoms with Gasteiger partial charge in [0, 0.05) is 11.6 Å². The van der Waals surface area contributed by atoms with Crippen molar-refractivity contribution in [3.05, 3.63) is 41.0 Å². The Labute approximate surface area is 139 Å². The summed E-state index contributed by atoms with van der Waals surface area (Å²) in [6.07, 6.45) is 5.13. The molecule has 1 heterocycles. The predicted octanol–water partition coefficient (Wildman–Crippen LogP) is 3.33. The Morgan fingerprint density at radius 2 is 2.25 bits per heavy atom. The van der Waals surface area contributed by atoms with E-state index in [0.29, 0.717) is 17.1 Å². The number of nitrogens with one attached hydrogen (secondary N) is 2. The Hall–Kier alpha value is -3.01. The third kappa shape index (κ3) is 4.04. The lowest BCUT2D eigenvalue weighted by molar-refractivity contribution is 0.249. The average Bonchev–Trinajstić information content (AvgIpc) is 2.86. The number of terminal acetylenes is 1. The minimum atomic E-state index is -0.489. The van der Waals surface area contributed by atoms with Crippen molar-refractivity contribution in [2.45, 2.75) is 26.8 Å². The zero-order valence-electron chi connectivity index (χ0n) is 13.6. The van der Waals surface area contributed by atoms with Crippen LogP contribution in [-0.4, -0.2) is 17.8 Å². The summed E-state index contributed by atoms with van der Waals surface area (Å²) in [7, 11) is 0. The molecular formula is C17H18FN3O3. The number of urea groups is 1. The maximum Gasteiger partial charge on any atom is 0.319 e. The molecule has 1 aromatic heterocycles. The first-order chi connectivity index (χ1) is 11.4. The molecule has 1 atom stereocenters. The quantitative estimate of drug-likeness (QED) is 0.824. The van der Waals surface area contributed by atoms with Crippen LogP contribution in [-0.2, 0) is 0 Å². The molecule has 0 spiro atoms. The van der Waals surface area contributed by atoms with Crippen LogP contribution >= 0.6 is 0 Å². The highest BCUT2D eigenvalue weighted by Gasteiger charge is 2.19. The molecule has 0 aliphatic rings. The van der Waals surface area contributed by atoms with E-state index < -0.39 is 11.8 Å². The third-order valence-corrected chi connectivity index (χ3v) is 3.37. The standard InChI is InChI=1S/C17H18FN3O3/c1-5-8-23-15-9-13(18)6-7-14(15)20-17(22)19-10(2)16-11(3)21-24-12(16)4/h1,6-7,9-10H,8H2,2-4H3,(H2,19,20,22). The van der Waals surface area contributed by atoms with Crippen LogP contribution in [0, 0.1) is 32.0 Å². The molecule has 24 heavy (non-hydrogen) atoms. The van der Waals surface area contributed by atoms with E-state index in [-0.39, 0.29) is 18.4 Å². The number of aromatic nitrogens is 1. The monoisotopic (exact) mass is 331 g/mol. The minimum Gasteiger partial charge on any atom is -0.479 e. The lowest BCUT2D eigenvalue weighted by atomic mass is 10.1. The van der Waals surface area contributed by atoms with E-state index in [1.807, 2.05) is 6.92 Å². The number of aryl methyl sites for hydroxylation is 2. The first-order valence-corrected chi connectivity index (χ1v) is 7.28. The summed E-state index contributed by atoms with van der Waals surface area (Å²) < 4.78 is 23.6. The highest BCUT2D eigenvalue weighted by molar-refractivity contribution is 5.91. The molecule has 2 N–H and O–H groups in total. The topological polar surface area (TPSA) is 76.4 Å². The molecule has 6 nitrogen and oxygen atoms in total. The second-order valence-electron chi connectivity index (χ2n) is 5.19. The molecule has 0 saturated carbocycles. The number of carbonyl (C=O) groups is 1. The third-order valence-electron chi connectivity index (χ3n) is 3.37. The summed E-state index contributed by atoms with van der Waals surface area (Å²) in [6.45, 7) is 5.35. The Balaban J connectivity index is 2.08. The number of rotatable bonds is 5. The number of carbonyl (C=O) groups excluding carboxylic acids is 1. The Morgan fingerprint density at radius 1 is 1.50 bits per heavy atom. The molecule has 2 rings (SSSR count). The Bertz CT molecular complexity index is 760. The summed E-state index contributed by atoms with van der Waals surface area (Å²) in [6, 6.07) is 2.99. The van der Waals surface area contributed by atoms with Gasteiger partial charge in [-0.25, -0.2) is 9.18 Å². The van der Waals surface area contributed by atoms with Crippen LogP contribution < -0.4 is 15.4 Å². The zero-order chi connectivity index (χ0) is 17.7. The normalized spacial score (nSPS) is 11.5. The molecule has 0 bridgehead atoms. The molecule has 0 aliphatic heterocycles. The smallest absolute Gasteiger partial charge is 0.319 e. The van der Waals surface area contributed by atoms with Crippen LogP contribution in [0.1, 0.15) is 30.0 Å². The van der Waals surface area contributed by atoms with Crippen molar-refractivity contribution in [2.75, 3.05) is 11.9 Å². The lowest BCUT2D eigenvalue weighted by Gasteiger charge is -2.16. The van der Waals surface area contributed by atoms with Crippen LogP contribution in [0.15, 0.2) is 22.7 Å². The van der Waals surface area contributed by atoms with E-state index in [4.69, 9.17) is 15.7 Å². The number of nitrogens with zero attached hydrogens (tertiary/aromatic N) is 1. The number of hydrogen-bond acceptors (Lipinski definition) is 4. The molecule has 126 valence electrons. The van der Waals surface area contributed by atoms with Gasteiger partial charge in [0.25, 0.3) is 0 Å². The number of halogens is 1. The number of ether oxygens (including phenoxy) is 1. The fraction of sp³-hybridized carbons (Fsp3) is 0.294. The molecule has 0 radical (unpaired) electrons. The molecule has 1 unspecified atom stereocenters. The Kier molecular flexibility index (Phi) is 5.42. The van der Waals surface area contributed by atoms with Crippen molar-refractivity contribution in [3.63, 3.8) is 0 Å². The molecule has 0 aliphatic carbocycles. The summed E-state index contributed by atoms with van der Waals surface area (Å²) >= 11 is 0. The molecule has 1 aromatic carbocycles. The van der Waals surface area contributed by atoms with E-state index in [1.54, 1.807) is 13.8 Å². The van der Waals surface area contributed by atoms with E-state index in [2.05, 4.69) is 21.7 Å². The van der Waals surface area contributed by atoms with Gasteiger partial charge in [-0.1, -0.05) is 11.1 Å². The van der Waals surface area contributed by atoms with Gasteiger partial charge in [-0.3, -0.25) is 0 Å². The summed E-state index contributed by atoms with van der Waals surface area (Å²) in [5, 5.41) is 9.25. The van der Waals surface area contributed by atoms with Gasteiger partial charge < -0.3 is 19.9 Å². The van der Waals surface area contributed by atoms with E-state index in [1.165, 1.54) is 12.1 Å². The van der Waals surface area contributed by atoms with Crippen LogP contribution in [0.3, 0.4) is 0 Å². The largest absolute Gasteiger partial charge is 0.479 e. The van der Waals surface area contributed by atoms with Gasteiger partial charge in [-0.15, -0.1) is 6.42 Å². The fourth-order valence-electron chi connectivity index (χ4n) is 2.37. The van der Waals surface area contributed by atoms with E-state index in [0.717, 1.165) is 11.6 Å². The second-order valence-corrected chi connectivity index (χ2v) is 5.19. The zero-order valence-corrected chi connectivity index (χ0v) is 13.6. The van der Waals surface area contributed by atoms with Gasteiger partial charge in [0.2, 0.25) is 0 Å². The summed E-state index contributed by atoms with van der Waals surface area (Å²) in [4.78, 5) is 12.2. The number of benzene rings is 1. The lowest BCUT2D eigenvalue weighted by Crippen LogP contribution is -2.31. The fourth-order valence-corrected chi connectivity index (χ4v) is 2.37. The first kappa shape index (κ1) is 17.3. The summed E-state index contributed by atoms with van der Waals surface area (Å²) in [5.74, 6) is 2.60. The van der Waals surface area contributed by atoms with Gasteiger partial charge in [-0.05, 0) is 32.9 Å².